The minimum absolute atomic E-state index is 0.178. The van der Waals surface area contributed by atoms with E-state index in [1.54, 1.807) is 0 Å². The first-order chi connectivity index (χ1) is 9.79. The van der Waals surface area contributed by atoms with Crippen LogP contribution in [0.15, 0.2) is 28.7 Å². The number of benzene rings is 1. The van der Waals surface area contributed by atoms with Gasteiger partial charge in [-0.3, -0.25) is 0 Å². The second-order valence-corrected chi connectivity index (χ2v) is 6.56. The zero-order valence-corrected chi connectivity index (χ0v) is 14.0. The first-order valence-electron chi connectivity index (χ1n) is 7.91. The van der Waals surface area contributed by atoms with Gasteiger partial charge in [0.05, 0.1) is 12.2 Å². The van der Waals surface area contributed by atoms with Crippen LogP contribution >= 0.6 is 15.9 Å². The summed E-state index contributed by atoms with van der Waals surface area (Å²) in [5.74, 6) is 0. The molecule has 1 fully saturated rings. The van der Waals surface area contributed by atoms with Crippen LogP contribution in [-0.4, -0.2) is 19.2 Å². The molecule has 1 atom stereocenters. The quantitative estimate of drug-likeness (QED) is 0.717. The van der Waals surface area contributed by atoms with E-state index in [0.29, 0.717) is 6.10 Å². The van der Waals surface area contributed by atoms with Crippen LogP contribution in [-0.2, 0) is 4.74 Å². The van der Waals surface area contributed by atoms with E-state index >= 15 is 0 Å². The zero-order valence-electron chi connectivity index (χ0n) is 12.4. The summed E-state index contributed by atoms with van der Waals surface area (Å²) < 4.78 is 7.51. The Balaban J connectivity index is 1.97. The monoisotopic (exact) mass is 339 g/mol. The number of hydrogen-bond acceptors (Lipinski definition) is 2. The summed E-state index contributed by atoms with van der Waals surface area (Å²) in [6.07, 6.45) is 8.24. The van der Waals surface area contributed by atoms with Crippen molar-refractivity contribution in [2.24, 2.45) is 0 Å². The van der Waals surface area contributed by atoms with Gasteiger partial charge in [0.15, 0.2) is 0 Å². The van der Waals surface area contributed by atoms with Gasteiger partial charge in [-0.05, 0) is 43.5 Å². The summed E-state index contributed by atoms with van der Waals surface area (Å²) in [6, 6.07) is 8.55. The van der Waals surface area contributed by atoms with Crippen LogP contribution in [0.1, 0.15) is 57.1 Å². The number of halogens is 1. The lowest BCUT2D eigenvalue weighted by molar-refractivity contribution is -0.0305. The Morgan fingerprint density at radius 1 is 1.20 bits per heavy atom. The summed E-state index contributed by atoms with van der Waals surface area (Å²) in [7, 11) is 0. The van der Waals surface area contributed by atoms with Crippen LogP contribution in [0.2, 0.25) is 0 Å². The molecule has 0 heterocycles. The van der Waals surface area contributed by atoms with Crippen molar-refractivity contribution in [3.05, 3.63) is 34.3 Å². The highest BCUT2D eigenvalue weighted by molar-refractivity contribution is 9.10. The predicted molar refractivity (Wildman–Crippen MR) is 88.0 cm³/mol. The van der Waals surface area contributed by atoms with Crippen molar-refractivity contribution in [3.63, 3.8) is 0 Å². The van der Waals surface area contributed by atoms with Gasteiger partial charge < -0.3 is 10.1 Å². The van der Waals surface area contributed by atoms with Gasteiger partial charge in [-0.1, -0.05) is 54.2 Å². The third-order valence-corrected chi connectivity index (χ3v) is 4.44. The molecule has 0 radical (unpaired) electrons. The Labute approximate surface area is 131 Å². The minimum Gasteiger partial charge on any atom is -0.369 e. The van der Waals surface area contributed by atoms with Crippen molar-refractivity contribution in [3.8, 4) is 0 Å². The van der Waals surface area contributed by atoms with Crippen molar-refractivity contribution < 1.29 is 4.74 Å². The van der Waals surface area contributed by atoms with Crippen molar-refractivity contribution in [1.82, 2.24) is 5.32 Å². The van der Waals surface area contributed by atoms with Gasteiger partial charge in [0.2, 0.25) is 0 Å². The van der Waals surface area contributed by atoms with E-state index in [1.165, 1.54) is 37.7 Å². The zero-order chi connectivity index (χ0) is 14.2. The molecule has 0 spiro atoms. The van der Waals surface area contributed by atoms with Gasteiger partial charge in [-0.15, -0.1) is 0 Å². The first kappa shape index (κ1) is 16.0. The number of rotatable bonds is 7. The molecule has 20 heavy (non-hydrogen) atoms. The van der Waals surface area contributed by atoms with Crippen molar-refractivity contribution in [2.45, 2.75) is 57.7 Å². The van der Waals surface area contributed by atoms with Crippen molar-refractivity contribution in [2.75, 3.05) is 13.1 Å². The molecule has 1 unspecified atom stereocenters. The molecule has 2 rings (SSSR count). The Morgan fingerprint density at radius 2 is 1.90 bits per heavy atom. The van der Waals surface area contributed by atoms with Gasteiger partial charge in [0, 0.05) is 11.0 Å². The molecule has 1 aromatic rings. The van der Waals surface area contributed by atoms with Crippen molar-refractivity contribution in [1.29, 1.82) is 0 Å². The highest BCUT2D eigenvalue weighted by Gasteiger charge is 2.20. The van der Waals surface area contributed by atoms with E-state index in [9.17, 15) is 0 Å². The summed E-state index contributed by atoms with van der Waals surface area (Å²) in [5, 5.41) is 3.50. The Hall–Kier alpha value is -0.380. The minimum atomic E-state index is 0.178. The molecule has 0 aromatic heterocycles. The van der Waals surface area contributed by atoms with E-state index in [1.807, 2.05) is 0 Å². The summed E-state index contributed by atoms with van der Waals surface area (Å²) >= 11 is 3.50. The van der Waals surface area contributed by atoms with Gasteiger partial charge >= 0.3 is 0 Å². The second-order valence-electron chi connectivity index (χ2n) is 5.64. The SMILES string of the molecule is CCCNCC(OC1CCCCC1)c1ccc(Br)cc1. The van der Waals surface area contributed by atoms with Gasteiger partial charge in [-0.25, -0.2) is 0 Å². The van der Waals surface area contributed by atoms with Crippen LogP contribution in [0.25, 0.3) is 0 Å². The molecule has 1 N–H and O–H groups in total. The lowest BCUT2D eigenvalue weighted by atomic mass is 9.97. The fourth-order valence-electron chi connectivity index (χ4n) is 2.77. The van der Waals surface area contributed by atoms with Gasteiger partial charge in [0.25, 0.3) is 0 Å². The van der Waals surface area contributed by atoms with E-state index in [0.717, 1.165) is 24.0 Å². The molecule has 1 aromatic carbocycles. The van der Waals surface area contributed by atoms with E-state index < -0.39 is 0 Å². The lowest BCUT2D eigenvalue weighted by Crippen LogP contribution is -2.28. The molecular formula is C17H26BrNO. The molecule has 0 amide bonds. The molecule has 1 aliphatic carbocycles. The standard InChI is InChI=1S/C17H26BrNO/c1-2-12-19-13-17(14-8-10-15(18)11-9-14)20-16-6-4-3-5-7-16/h8-11,16-17,19H,2-7,12-13H2,1H3. The molecule has 3 heteroatoms. The first-order valence-corrected chi connectivity index (χ1v) is 8.70. The number of hydrogen-bond donors (Lipinski definition) is 1. The fraction of sp³-hybridized carbons (Fsp3) is 0.647. The van der Waals surface area contributed by atoms with Crippen LogP contribution in [0.4, 0.5) is 0 Å². The molecule has 0 bridgehead atoms. The molecule has 2 nitrogen and oxygen atoms in total. The maximum Gasteiger partial charge on any atom is 0.0952 e. The third kappa shape index (κ3) is 5.19. The van der Waals surface area contributed by atoms with E-state index in [-0.39, 0.29) is 6.10 Å². The van der Waals surface area contributed by atoms with Crippen LogP contribution in [0.3, 0.4) is 0 Å². The van der Waals surface area contributed by atoms with Gasteiger partial charge in [-0.2, -0.15) is 0 Å². The van der Waals surface area contributed by atoms with Crippen LogP contribution < -0.4 is 5.32 Å². The maximum absolute atomic E-state index is 6.39. The fourth-order valence-corrected chi connectivity index (χ4v) is 3.03. The summed E-state index contributed by atoms with van der Waals surface area (Å²) in [4.78, 5) is 0. The Morgan fingerprint density at radius 3 is 2.55 bits per heavy atom. The second kappa shape index (κ2) is 8.81. The van der Waals surface area contributed by atoms with Gasteiger partial charge in [0.1, 0.15) is 0 Å². The van der Waals surface area contributed by atoms with Crippen LogP contribution in [0, 0.1) is 0 Å². The Kier molecular flexibility index (Phi) is 7.05. The molecule has 112 valence electrons. The molecule has 0 saturated heterocycles. The topological polar surface area (TPSA) is 21.3 Å². The number of nitrogens with one attached hydrogen (secondary N) is 1. The van der Waals surface area contributed by atoms with E-state index in [4.69, 9.17) is 4.74 Å². The Bertz CT molecular complexity index is 373. The third-order valence-electron chi connectivity index (χ3n) is 3.91. The highest BCUT2D eigenvalue weighted by Crippen LogP contribution is 2.27. The smallest absolute Gasteiger partial charge is 0.0952 e. The largest absolute Gasteiger partial charge is 0.369 e. The van der Waals surface area contributed by atoms with Crippen molar-refractivity contribution >= 4 is 15.9 Å². The van der Waals surface area contributed by atoms with E-state index in [2.05, 4.69) is 52.4 Å². The molecule has 1 saturated carbocycles. The molecular weight excluding hydrogens is 314 g/mol. The summed E-state index contributed by atoms with van der Waals surface area (Å²) in [6.45, 7) is 4.16. The predicted octanol–water partition coefficient (Wildman–Crippen LogP) is 4.84. The van der Waals surface area contributed by atoms with Crippen LogP contribution in [0.5, 0.6) is 0 Å². The normalized spacial score (nSPS) is 18.1. The number of ether oxygens (including phenoxy) is 1. The molecule has 1 aliphatic rings. The maximum atomic E-state index is 6.39. The average Bonchev–Trinajstić information content (AvgIpc) is 2.48. The average molecular weight is 340 g/mol. The lowest BCUT2D eigenvalue weighted by Gasteiger charge is -2.28. The highest BCUT2D eigenvalue weighted by atomic mass is 79.9. The summed E-state index contributed by atoms with van der Waals surface area (Å²) in [5.41, 5.74) is 1.28. The molecule has 0 aliphatic heterocycles.